The molecule has 0 spiro atoms. The molecular formula is C12H28ClNO. The topological polar surface area (TPSA) is 46.2 Å². The van der Waals surface area contributed by atoms with Crippen LogP contribution < -0.4 is 5.73 Å². The highest BCUT2D eigenvalue weighted by Crippen LogP contribution is 2.09. The summed E-state index contributed by atoms with van der Waals surface area (Å²) in [7, 11) is 0. The van der Waals surface area contributed by atoms with Gasteiger partial charge in [-0.3, -0.25) is 0 Å². The maximum atomic E-state index is 8.58. The highest BCUT2D eigenvalue weighted by molar-refractivity contribution is 5.85. The van der Waals surface area contributed by atoms with Crippen molar-refractivity contribution in [3.05, 3.63) is 0 Å². The number of aliphatic hydroxyl groups excluding tert-OH is 1. The molecule has 0 aromatic rings. The van der Waals surface area contributed by atoms with Gasteiger partial charge in [0.15, 0.2) is 0 Å². The number of aliphatic hydroxyl groups is 1. The average molecular weight is 238 g/mol. The van der Waals surface area contributed by atoms with Crippen LogP contribution in [0.4, 0.5) is 0 Å². The number of hydrogen-bond donors (Lipinski definition) is 2. The van der Waals surface area contributed by atoms with Gasteiger partial charge in [0, 0.05) is 6.61 Å². The third-order valence-electron chi connectivity index (χ3n) is 2.61. The maximum absolute atomic E-state index is 8.58. The van der Waals surface area contributed by atoms with Gasteiger partial charge in [0.1, 0.15) is 0 Å². The molecule has 0 unspecified atom stereocenters. The largest absolute Gasteiger partial charge is 0.396 e. The number of hydrogen-bond acceptors (Lipinski definition) is 2. The van der Waals surface area contributed by atoms with E-state index in [2.05, 4.69) is 0 Å². The van der Waals surface area contributed by atoms with Crippen molar-refractivity contribution in [3.8, 4) is 0 Å². The molecule has 0 heterocycles. The van der Waals surface area contributed by atoms with E-state index in [1.807, 2.05) is 0 Å². The first-order chi connectivity index (χ1) is 6.91. The van der Waals surface area contributed by atoms with Crippen LogP contribution >= 0.6 is 12.4 Å². The van der Waals surface area contributed by atoms with Crippen molar-refractivity contribution in [2.24, 2.45) is 5.73 Å². The molecule has 0 aliphatic rings. The molecule has 0 aromatic carbocycles. The summed E-state index contributed by atoms with van der Waals surface area (Å²) in [5, 5.41) is 8.58. The van der Waals surface area contributed by atoms with E-state index < -0.39 is 0 Å². The van der Waals surface area contributed by atoms with Crippen LogP contribution in [-0.2, 0) is 0 Å². The molecule has 0 bridgehead atoms. The molecule has 0 aliphatic heterocycles. The minimum absolute atomic E-state index is 0. The summed E-state index contributed by atoms with van der Waals surface area (Å²) in [5.74, 6) is 0. The first kappa shape index (κ1) is 17.6. The van der Waals surface area contributed by atoms with Crippen LogP contribution in [0.1, 0.15) is 64.2 Å². The maximum Gasteiger partial charge on any atom is 0.0431 e. The van der Waals surface area contributed by atoms with Crippen LogP contribution in [0.5, 0.6) is 0 Å². The van der Waals surface area contributed by atoms with Gasteiger partial charge in [-0.1, -0.05) is 51.4 Å². The van der Waals surface area contributed by atoms with Crippen molar-refractivity contribution in [1.82, 2.24) is 0 Å². The molecule has 15 heavy (non-hydrogen) atoms. The molecule has 0 fully saturated rings. The zero-order chi connectivity index (χ0) is 10.5. The average Bonchev–Trinajstić information content (AvgIpc) is 2.21. The van der Waals surface area contributed by atoms with E-state index in [0.29, 0.717) is 6.61 Å². The van der Waals surface area contributed by atoms with Crippen LogP contribution in [-0.4, -0.2) is 18.3 Å². The number of halogens is 1. The lowest BCUT2D eigenvalue weighted by molar-refractivity contribution is 0.282. The molecule has 0 amide bonds. The molecule has 0 radical (unpaired) electrons. The smallest absolute Gasteiger partial charge is 0.0431 e. The second-order valence-corrected chi connectivity index (χ2v) is 4.05. The highest BCUT2D eigenvalue weighted by atomic mass is 35.5. The minimum atomic E-state index is 0. The number of nitrogens with two attached hydrogens (primary N) is 1. The predicted octanol–water partition coefficient (Wildman–Crippen LogP) is 3.26. The lowest BCUT2D eigenvalue weighted by Crippen LogP contribution is -1.97. The standard InChI is InChI=1S/C12H27NO.ClH/c13-11-9-7-5-3-1-2-4-6-8-10-12-14;/h14H,1-13H2;1H. The highest BCUT2D eigenvalue weighted by Gasteiger charge is 1.91. The summed E-state index contributed by atoms with van der Waals surface area (Å²) in [4.78, 5) is 0. The zero-order valence-corrected chi connectivity index (χ0v) is 10.7. The Morgan fingerprint density at radius 1 is 0.600 bits per heavy atom. The van der Waals surface area contributed by atoms with Crippen LogP contribution in [0.3, 0.4) is 0 Å². The normalized spacial score (nSPS) is 10.0. The lowest BCUT2D eigenvalue weighted by atomic mass is 10.1. The molecule has 0 atom stereocenters. The van der Waals surface area contributed by atoms with Crippen molar-refractivity contribution in [1.29, 1.82) is 0 Å². The van der Waals surface area contributed by atoms with Gasteiger partial charge in [-0.15, -0.1) is 12.4 Å². The molecule has 0 saturated carbocycles. The van der Waals surface area contributed by atoms with E-state index in [1.54, 1.807) is 0 Å². The van der Waals surface area contributed by atoms with Gasteiger partial charge in [0.25, 0.3) is 0 Å². The van der Waals surface area contributed by atoms with Gasteiger partial charge in [-0.2, -0.15) is 0 Å². The Bertz CT molecular complexity index is 89.6. The molecule has 0 saturated heterocycles. The van der Waals surface area contributed by atoms with Gasteiger partial charge >= 0.3 is 0 Å². The van der Waals surface area contributed by atoms with Crippen molar-refractivity contribution in [3.63, 3.8) is 0 Å². The van der Waals surface area contributed by atoms with Gasteiger partial charge < -0.3 is 10.8 Å². The number of rotatable bonds is 11. The fourth-order valence-electron chi connectivity index (χ4n) is 1.67. The Balaban J connectivity index is 0. The summed E-state index contributed by atoms with van der Waals surface area (Å²) in [6.07, 6.45) is 12.8. The molecule has 2 nitrogen and oxygen atoms in total. The summed E-state index contributed by atoms with van der Waals surface area (Å²) < 4.78 is 0. The summed E-state index contributed by atoms with van der Waals surface area (Å²) in [6.45, 7) is 1.21. The quantitative estimate of drug-likeness (QED) is 0.542. The second-order valence-electron chi connectivity index (χ2n) is 4.05. The SMILES string of the molecule is Cl.NCCCCCCCCCCCCO. The van der Waals surface area contributed by atoms with Crippen molar-refractivity contribution in [2.45, 2.75) is 64.2 Å². The zero-order valence-electron chi connectivity index (χ0n) is 9.92. The Morgan fingerprint density at radius 3 is 1.27 bits per heavy atom. The summed E-state index contributed by atoms with van der Waals surface area (Å²) in [6, 6.07) is 0. The van der Waals surface area contributed by atoms with E-state index in [4.69, 9.17) is 10.8 Å². The van der Waals surface area contributed by atoms with Crippen molar-refractivity contribution >= 4 is 12.4 Å². The monoisotopic (exact) mass is 237 g/mol. The van der Waals surface area contributed by atoms with Crippen molar-refractivity contribution < 1.29 is 5.11 Å². The van der Waals surface area contributed by atoms with Crippen molar-refractivity contribution in [2.75, 3.05) is 13.2 Å². The summed E-state index contributed by atoms with van der Waals surface area (Å²) >= 11 is 0. The minimum Gasteiger partial charge on any atom is -0.396 e. The molecule has 0 aliphatic carbocycles. The third kappa shape index (κ3) is 16.9. The van der Waals surface area contributed by atoms with Crippen LogP contribution in [0, 0.1) is 0 Å². The van der Waals surface area contributed by atoms with Gasteiger partial charge in [-0.25, -0.2) is 0 Å². The van der Waals surface area contributed by atoms with Gasteiger partial charge in [0.2, 0.25) is 0 Å². The van der Waals surface area contributed by atoms with E-state index >= 15 is 0 Å². The molecule has 94 valence electrons. The fraction of sp³-hybridized carbons (Fsp3) is 1.00. The molecule has 0 rings (SSSR count). The Kier molecular flexibility index (Phi) is 19.5. The Morgan fingerprint density at radius 2 is 0.933 bits per heavy atom. The van der Waals surface area contributed by atoms with Crippen LogP contribution in [0.15, 0.2) is 0 Å². The van der Waals surface area contributed by atoms with Gasteiger partial charge in [-0.05, 0) is 19.4 Å². The van der Waals surface area contributed by atoms with Crippen LogP contribution in [0.25, 0.3) is 0 Å². The molecular weight excluding hydrogens is 210 g/mol. The van der Waals surface area contributed by atoms with Crippen LogP contribution in [0.2, 0.25) is 0 Å². The van der Waals surface area contributed by atoms with E-state index in [0.717, 1.165) is 13.0 Å². The predicted molar refractivity (Wildman–Crippen MR) is 69.6 cm³/mol. The molecule has 0 aromatic heterocycles. The van der Waals surface area contributed by atoms with Gasteiger partial charge in [0.05, 0.1) is 0 Å². The van der Waals surface area contributed by atoms with E-state index in [-0.39, 0.29) is 12.4 Å². The first-order valence-electron chi connectivity index (χ1n) is 6.22. The molecule has 3 heteroatoms. The lowest BCUT2D eigenvalue weighted by Gasteiger charge is -2.01. The Hall–Kier alpha value is 0.210. The Labute approximate surface area is 101 Å². The van der Waals surface area contributed by atoms with E-state index in [1.165, 1.54) is 57.8 Å². The van der Waals surface area contributed by atoms with E-state index in [9.17, 15) is 0 Å². The fourth-order valence-corrected chi connectivity index (χ4v) is 1.67. The second kappa shape index (κ2) is 16.6. The first-order valence-corrected chi connectivity index (χ1v) is 6.22. The summed E-state index contributed by atoms with van der Waals surface area (Å²) in [5.41, 5.74) is 5.42. The third-order valence-corrected chi connectivity index (χ3v) is 2.61. The number of unbranched alkanes of at least 4 members (excludes halogenated alkanes) is 9. The molecule has 3 N–H and O–H groups in total.